The molecule has 0 saturated carbocycles. The number of carbonyl (C=O) groups is 3. The van der Waals surface area contributed by atoms with Crippen molar-refractivity contribution < 1.29 is 33.0 Å². The van der Waals surface area contributed by atoms with Gasteiger partial charge >= 0.3 is 11.9 Å². The van der Waals surface area contributed by atoms with Gasteiger partial charge in [0.15, 0.2) is 5.78 Å². The molecule has 1 aliphatic carbocycles. The van der Waals surface area contributed by atoms with Crippen LogP contribution in [-0.4, -0.2) is 38.0 Å². The summed E-state index contributed by atoms with van der Waals surface area (Å²) in [6.07, 6.45) is 0.302. The summed E-state index contributed by atoms with van der Waals surface area (Å²) in [6, 6.07) is 12.9. The van der Waals surface area contributed by atoms with Gasteiger partial charge in [-0.2, -0.15) is 0 Å². The average molecular weight is 508 g/mol. The van der Waals surface area contributed by atoms with Crippen LogP contribution in [0.4, 0.5) is 4.39 Å². The number of halogens is 1. The van der Waals surface area contributed by atoms with Crippen molar-refractivity contribution in [2.75, 3.05) is 20.3 Å². The zero-order chi connectivity index (χ0) is 26.7. The maximum atomic E-state index is 14.3. The van der Waals surface area contributed by atoms with Gasteiger partial charge in [-0.05, 0) is 56.5 Å². The van der Waals surface area contributed by atoms with Crippen molar-refractivity contribution in [2.45, 2.75) is 39.0 Å². The van der Waals surface area contributed by atoms with Crippen LogP contribution in [0.1, 0.15) is 50.2 Å². The molecule has 1 N–H and O–H groups in total. The number of rotatable bonds is 7. The van der Waals surface area contributed by atoms with Gasteiger partial charge in [-0.1, -0.05) is 30.3 Å². The molecule has 0 aromatic heterocycles. The number of carbonyl (C=O) groups excluding carboxylic acids is 3. The average Bonchev–Trinajstić information content (AvgIpc) is 2.88. The predicted molar refractivity (Wildman–Crippen MR) is 134 cm³/mol. The van der Waals surface area contributed by atoms with E-state index in [4.69, 9.17) is 14.2 Å². The Balaban J connectivity index is 1.91. The molecule has 7 nitrogen and oxygen atoms in total. The van der Waals surface area contributed by atoms with Gasteiger partial charge in [0.2, 0.25) is 0 Å². The number of para-hydroxylation sites is 1. The van der Waals surface area contributed by atoms with Crippen LogP contribution in [0.25, 0.3) is 0 Å². The van der Waals surface area contributed by atoms with E-state index in [-0.39, 0.29) is 24.4 Å². The summed E-state index contributed by atoms with van der Waals surface area (Å²) in [5.41, 5.74) is 2.92. The van der Waals surface area contributed by atoms with Crippen molar-refractivity contribution >= 4 is 17.7 Å². The van der Waals surface area contributed by atoms with E-state index < -0.39 is 41.3 Å². The van der Waals surface area contributed by atoms with Crippen molar-refractivity contribution in [1.29, 1.82) is 0 Å². The highest BCUT2D eigenvalue weighted by atomic mass is 19.1. The molecule has 194 valence electrons. The third kappa shape index (κ3) is 4.88. The topological polar surface area (TPSA) is 90.9 Å². The van der Waals surface area contributed by atoms with Gasteiger partial charge in [0, 0.05) is 28.8 Å². The number of hydrogen-bond acceptors (Lipinski definition) is 7. The Morgan fingerprint density at radius 2 is 1.70 bits per heavy atom. The van der Waals surface area contributed by atoms with Crippen LogP contribution >= 0.6 is 0 Å². The third-order valence-corrected chi connectivity index (χ3v) is 6.80. The summed E-state index contributed by atoms with van der Waals surface area (Å²) in [7, 11) is 1.54. The Bertz CT molecular complexity index is 1280. The molecule has 0 fully saturated rings. The van der Waals surface area contributed by atoms with E-state index in [0.717, 1.165) is 0 Å². The lowest BCUT2D eigenvalue weighted by molar-refractivity contribution is -0.152. The third-order valence-electron chi connectivity index (χ3n) is 6.80. The lowest BCUT2D eigenvalue weighted by Gasteiger charge is -2.39. The number of methoxy groups -OCH3 is 1. The molecule has 3 unspecified atom stereocenters. The Morgan fingerprint density at radius 3 is 2.35 bits per heavy atom. The summed E-state index contributed by atoms with van der Waals surface area (Å²) in [6.45, 7) is 5.38. The normalized spacial score (nSPS) is 21.2. The van der Waals surface area contributed by atoms with Gasteiger partial charge in [0.25, 0.3) is 0 Å². The van der Waals surface area contributed by atoms with E-state index in [1.165, 1.54) is 19.2 Å². The summed E-state index contributed by atoms with van der Waals surface area (Å²) in [5, 5.41) is 3.25. The van der Waals surface area contributed by atoms with E-state index in [9.17, 15) is 18.8 Å². The molecule has 2 aliphatic rings. The van der Waals surface area contributed by atoms with E-state index in [1.807, 2.05) is 18.2 Å². The Labute approximate surface area is 215 Å². The van der Waals surface area contributed by atoms with Crippen LogP contribution in [0.15, 0.2) is 71.1 Å². The van der Waals surface area contributed by atoms with Crippen molar-refractivity contribution in [3.05, 3.63) is 88.0 Å². The molecule has 0 spiro atoms. The number of benzene rings is 2. The van der Waals surface area contributed by atoms with E-state index in [2.05, 4.69) is 5.32 Å². The number of ketones is 1. The number of ether oxygens (including phenoxy) is 3. The molecule has 1 heterocycles. The van der Waals surface area contributed by atoms with Gasteiger partial charge in [-0.3, -0.25) is 9.59 Å². The predicted octanol–water partition coefficient (Wildman–Crippen LogP) is 4.55. The Morgan fingerprint density at radius 1 is 1.03 bits per heavy atom. The summed E-state index contributed by atoms with van der Waals surface area (Å²) in [5.74, 6) is -4.10. The molecule has 0 radical (unpaired) electrons. The van der Waals surface area contributed by atoms with E-state index >= 15 is 0 Å². The first kappa shape index (κ1) is 26.1. The standard InChI is InChI=1S/C29H30FNO6/c1-5-36-28(33)23-16(3)31-21-15-20(19-9-7-8-10-22(19)35-4)25(29(34)37-6-2)27(32)26(21)24(23)17-11-13-18(30)14-12-17/h7-14,20,24-25,31H,5-6,15H2,1-4H3. The smallest absolute Gasteiger partial charge is 0.336 e. The van der Waals surface area contributed by atoms with Crippen LogP contribution in [0.2, 0.25) is 0 Å². The zero-order valence-electron chi connectivity index (χ0n) is 21.3. The molecular weight excluding hydrogens is 477 g/mol. The molecule has 37 heavy (non-hydrogen) atoms. The van der Waals surface area contributed by atoms with Crippen molar-refractivity contribution in [1.82, 2.24) is 5.32 Å². The molecule has 0 bridgehead atoms. The minimum atomic E-state index is -1.15. The minimum absolute atomic E-state index is 0.111. The number of dihydropyridines is 1. The molecule has 8 heteroatoms. The summed E-state index contributed by atoms with van der Waals surface area (Å²) in [4.78, 5) is 40.6. The highest BCUT2D eigenvalue weighted by molar-refractivity contribution is 6.13. The van der Waals surface area contributed by atoms with Crippen LogP contribution in [0.5, 0.6) is 5.75 Å². The second kappa shape index (κ2) is 11.0. The van der Waals surface area contributed by atoms with Crippen molar-refractivity contribution in [3.63, 3.8) is 0 Å². The lowest BCUT2D eigenvalue weighted by Crippen LogP contribution is -2.43. The fraction of sp³-hybridized carbons (Fsp3) is 0.345. The van der Waals surface area contributed by atoms with Crippen LogP contribution in [0, 0.1) is 11.7 Å². The molecule has 0 amide bonds. The first-order valence-electron chi connectivity index (χ1n) is 12.3. The summed E-state index contributed by atoms with van der Waals surface area (Å²) < 4.78 is 30.0. The molecule has 0 saturated heterocycles. The molecule has 1 aliphatic heterocycles. The van der Waals surface area contributed by atoms with Gasteiger partial charge in [-0.25, -0.2) is 9.18 Å². The van der Waals surface area contributed by atoms with Crippen molar-refractivity contribution in [2.24, 2.45) is 5.92 Å². The van der Waals surface area contributed by atoms with E-state index in [0.29, 0.717) is 34.7 Å². The molecular formula is C29H30FNO6. The lowest BCUT2D eigenvalue weighted by atomic mass is 9.67. The summed E-state index contributed by atoms with van der Waals surface area (Å²) >= 11 is 0. The molecule has 2 aromatic rings. The number of allylic oxidation sites excluding steroid dienone is 3. The fourth-order valence-electron chi connectivity index (χ4n) is 5.27. The largest absolute Gasteiger partial charge is 0.496 e. The molecule has 3 atom stereocenters. The SMILES string of the molecule is CCOC(=O)C1=C(C)NC2=C(C(=O)C(C(=O)OCC)C(c3ccccc3OC)C2)C1c1ccc(F)cc1. The monoisotopic (exact) mass is 507 g/mol. The van der Waals surface area contributed by atoms with Gasteiger partial charge in [0.05, 0.1) is 25.9 Å². The maximum absolute atomic E-state index is 14.3. The number of esters is 2. The first-order chi connectivity index (χ1) is 17.8. The second-order valence-electron chi connectivity index (χ2n) is 8.91. The van der Waals surface area contributed by atoms with Gasteiger partial charge in [0.1, 0.15) is 17.5 Å². The number of hydrogen-bond donors (Lipinski definition) is 1. The maximum Gasteiger partial charge on any atom is 0.336 e. The quantitative estimate of drug-likeness (QED) is 0.434. The fourth-order valence-corrected chi connectivity index (χ4v) is 5.27. The van der Waals surface area contributed by atoms with Crippen LogP contribution < -0.4 is 10.1 Å². The van der Waals surface area contributed by atoms with Gasteiger partial charge < -0.3 is 19.5 Å². The Kier molecular flexibility index (Phi) is 7.76. The first-order valence-corrected chi connectivity index (χ1v) is 12.3. The van der Waals surface area contributed by atoms with Gasteiger partial charge in [-0.15, -0.1) is 0 Å². The van der Waals surface area contributed by atoms with Crippen molar-refractivity contribution in [3.8, 4) is 5.75 Å². The highest BCUT2D eigenvalue weighted by Gasteiger charge is 2.49. The highest BCUT2D eigenvalue weighted by Crippen LogP contribution is 2.49. The Hall–Kier alpha value is -3.94. The number of nitrogens with one attached hydrogen (secondary N) is 1. The zero-order valence-corrected chi connectivity index (χ0v) is 21.3. The number of Topliss-reactive ketones (excluding diaryl/α,β-unsaturated/α-hetero) is 1. The van der Waals surface area contributed by atoms with E-state index in [1.54, 1.807) is 39.0 Å². The minimum Gasteiger partial charge on any atom is -0.496 e. The molecule has 2 aromatic carbocycles. The van der Waals surface area contributed by atoms with Crippen LogP contribution in [-0.2, 0) is 23.9 Å². The van der Waals surface area contributed by atoms with Crippen LogP contribution in [0.3, 0.4) is 0 Å². The molecule has 4 rings (SSSR count). The second-order valence-corrected chi connectivity index (χ2v) is 8.91.